The van der Waals surface area contributed by atoms with Crippen LogP contribution in [0.25, 0.3) is 55.3 Å². The van der Waals surface area contributed by atoms with Gasteiger partial charge in [-0.15, -0.1) is 0 Å². The molecule has 0 fully saturated rings. The Balaban J connectivity index is 1.24. The van der Waals surface area contributed by atoms with Crippen molar-refractivity contribution < 1.29 is 0 Å². The fourth-order valence-electron chi connectivity index (χ4n) is 6.55. The van der Waals surface area contributed by atoms with Crippen molar-refractivity contribution in [3.05, 3.63) is 200 Å². The smallest absolute Gasteiger partial charge is 0.0467 e. The van der Waals surface area contributed by atoms with Gasteiger partial charge in [0.25, 0.3) is 0 Å². The van der Waals surface area contributed by atoms with Gasteiger partial charge in [0.05, 0.1) is 0 Å². The normalized spacial score (nSPS) is 11.0. The Morgan fingerprint density at radius 2 is 0.766 bits per heavy atom. The molecule has 0 radical (unpaired) electrons. The number of hydrogen-bond donors (Lipinski definition) is 0. The van der Waals surface area contributed by atoms with Crippen LogP contribution < -0.4 is 4.90 Å². The molecule has 8 rings (SSSR count). The molecule has 8 aromatic rings. The predicted molar refractivity (Wildman–Crippen MR) is 200 cm³/mol. The molecule has 0 saturated heterocycles. The minimum absolute atomic E-state index is 1.11. The number of benzene rings is 8. The molecule has 0 aliphatic carbocycles. The van der Waals surface area contributed by atoms with Crippen LogP contribution in [-0.4, -0.2) is 0 Å². The van der Waals surface area contributed by atoms with Crippen LogP contribution in [0.4, 0.5) is 17.1 Å². The summed E-state index contributed by atoms with van der Waals surface area (Å²) in [5.41, 5.74) is 13.0. The van der Waals surface area contributed by atoms with Crippen LogP contribution in [0.2, 0.25) is 0 Å². The van der Waals surface area contributed by atoms with Crippen LogP contribution in [0.5, 0.6) is 0 Å². The summed E-state index contributed by atoms with van der Waals surface area (Å²) >= 11 is 0. The van der Waals surface area contributed by atoms with Crippen LogP contribution in [-0.2, 0) is 0 Å². The van der Waals surface area contributed by atoms with Gasteiger partial charge in [-0.1, -0.05) is 164 Å². The maximum absolute atomic E-state index is 2.35. The summed E-state index contributed by atoms with van der Waals surface area (Å²) in [5.74, 6) is 0. The predicted octanol–water partition coefficient (Wildman–Crippen LogP) is 13.0. The second-order valence-electron chi connectivity index (χ2n) is 11.8. The fourth-order valence-corrected chi connectivity index (χ4v) is 6.55. The van der Waals surface area contributed by atoms with Gasteiger partial charge < -0.3 is 4.90 Å². The highest BCUT2D eigenvalue weighted by Gasteiger charge is 2.16. The lowest BCUT2D eigenvalue weighted by atomic mass is 9.90. The highest BCUT2D eigenvalue weighted by molar-refractivity contribution is 6.04. The molecule has 0 unspecified atom stereocenters. The van der Waals surface area contributed by atoms with Crippen LogP contribution in [0, 0.1) is 0 Å². The van der Waals surface area contributed by atoms with Crippen molar-refractivity contribution >= 4 is 27.8 Å². The Morgan fingerprint density at radius 3 is 1.40 bits per heavy atom. The molecule has 0 bridgehead atoms. The number of anilines is 3. The van der Waals surface area contributed by atoms with Crippen LogP contribution in [0.15, 0.2) is 200 Å². The van der Waals surface area contributed by atoms with Gasteiger partial charge in [-0.3, -0.25) is 0 Å². The van der Waals surface area contributed by atoms with E-state index in [1.54, 1.807) is 0 Å². The monoisotopic (exact) mass is 599 g/mol. The van der Waals surface area contributed by atoms with Crippen LogP contribution in [0.1, 0.15) is 0 Å². The van der Waals surface area contributed by atoms with Crippen molar-refractivity contribution in [2.24, 2.45) is 0 Å². The van der Waals surface area contributed by atoms with Crippen LogP contribution >= 0.6 is 0 Å². The van der Waals surface area contributed by atoms with Gasteiger partial charge in [0.15, 0.2) is 0 Å². The van der Waals surface area contributed by atoms with E-state index in [1.807, 2.05) is 0 Å². The van der Waals surface area contributed by atoms with Crippen molar-refractivity contribution in [3.8, 4) is 44.5 Å². The molecule has 0 aliphatic heterocycles. The molecule has 1 heteroatoms. The van der Waals surface area contributed by atoms with E-state index in [9.17, 15) is 0 Å². The van der Waals surface area contributed by atoms with E-state index in [0.29, 0.717) is 0 Å². The van der Waals surface area contributed by atoms with Crippen molar-refractivity contribution in [1.82, 2.24) is 0 Å². The average Bonchev–Trinajstić information content (AvgIpc) is 3.16. The van der Waals surface area contributed by atoms with Crippen LogP contribution in [0.3, 0.4) is 0 Å². The van der Waals surface area contributed by atoms with Crippen molar-refractivity contribution in [3.63, 3.8) is 0 Å². The minimum Gasteiger partial charge on any atom is -0.310 e. The fraction of sp³-hybridized carbons (Fsp3) is 0. The first kappa shape index (κ1) is 28.3. The van der Waals surface area contributed by atoms with E-state index in [-0.39, 0.29) is 0 Å². The zero-order valence-corrected chi connectivity index (χ0v) is 26.0. The molecule has 47 heavy (non-hydrogen) atoms. The molecule has 8 aromatic carbocycles. The lowest BCUT2D eigenvalue weighted by molar-refractivity contribution is 1.28. The highest BCUT2D eigenvalue weighted by atomic mass is 15.1. The SMILES string of the molecule is c1ccc(-c2ccc(N(c3ccc(-c4ccc5ccccc5c4-c4ccccc4)cc3)c3cccc(-c4ccccc4)c3)cc2)cc1. The maximum atomic E-state index is 2.35. The third kappa shape index (κ3) is 5.72. The summed E-state index contributed by atoms with van der Waals surface area (Å²) < 4.78 is 0. The second kappa shape index (κ2) is 12.7. The van der Waals surface area contributed by atoms with E-state index in [4.69, 9.17) is 0 Å². The molecular formula is C46H33N. The van der Waals surface area contributed by atoms with Gasteiger partial charge >= 0.3 is 0 Å². The largest absolute Gasteiger partial charge is 0.310 e. The standard InChI is InChI=1S/C46H33N/c1-4-13-34(14-5-1)36-23-28-41(29-24-36)47(43-21-12-20-40(33-43)35-15-6-2-7-16-35)42-30-25-38(26-31-42)45-32-27-37-17-10-11-22-44(37)46(45)39-18-8-3-9-19-39/h1-33H. The van der Waals surface area contributed by atoms with Gasteiger partial charge in [-0.05, 0) is 91.7 Å². The van der Waals surface area contributed by atoms with E-state index < -0.39 is 0 Å². The average molecular weight is 600 g/mol. The van der Waals surface area contributed by atoms with Crippen molar-refractivity contribution in [2.75, 3.05) is 4.90 Å². The molecule has 222 valence electrons. The lowest BCUT2D eigenvalue weighted by Gasteiger charge is -2.26. The Labute approximate surface area is 276 Å². The summed E-state index contributed by atoms with van der Waals surface area (Å²) in [5, 5.41) is 2.51. The number of fused-ring (bicyclic) bond motifs is 1. The van der Waals surface area contributed by atoms with Crippen molar-refractivity contribution in [1.29, 1.82) is 0 Å². The first-order valence-electron chi connectivity index (χ1n) is 16.1. The minimum atomic E-state index is 1.11. The molecule has 1 nitrogen and oxygen atoms in total. The maximum Gasteiger partial charge on any atom is 0.0467 e. The van der Waals surface area contributed by atoms with E-state index >= 15 is 0 Å². The van der Waals surface area contributed by atoms with Gasteiger partial charge in [0.1, 0.15) is 0 Å². The Bertz CT molecular complexity index is 2250. The van der Waals surface area contributed by atoms with Gasteiger partial charge in [-0.2, -0.15) is 0 Å². The molecule has 0 saturated carbocycles. The molecule has 0 amide bonds. The summed E-state index contributed by atoms with van der Waals surface area (Å²) in [6.45, 7) is 0. The van der Waals surface area contributed by atoms with E-state index in [2.05, 4.69) is 205 Å². The Morgan fingerprint density at radius 1 is 0.277 bits per heavy atom. The molecule has 0 spiro atoms. The van der Waals surface area contributed by atoms with E-state index in [1.165, 1.54) is 55.3 Å². The lowest BCUT2D eigenvalue weighted by Crippen LogP contribution is -2.10. The highest BCUT2D eigenvalue weighted by Crippen LogP contribution is 2.41. The summed E-state index contributed by atoms with van der Waals surface area (Å²) in [6, 6.07) is 71.8. The molecule has 0 aromatic heterocycles. The number of rotatable bonds is 7. The molecular weight excluding hydrogens is 567 g/mol. The first-order chi connectivity index (χ1) is 23.3. The number of hydrogen-bond acceptors (Lipinski definition) is 1. The molecule has 0 aliphatic rings. The topological polar surface area (TPSA) is 3.24 Å². The molecule has 0 N–H and O–H groups in total. The Kier molecular flexibility index (Phi) is 7.63. The summed E-state index contributed by atoms with van der Waals surface area (Å²) in [4.78, 5) is 2.35. The van der Waals surface area contributed by atoms with E-state index in [0.717, 1.165) is 17.1 Å². The Hall–Kier alpha value is -6.18. The van der Waals surface area contributed by atoms with Gasteiger partial charge in [0.2, 0.25) is 0 Å². The zero-order valence-electron chi connectivity index (χ0n) is 26.0. The van der Waals surface area contributed by atoms with Gasteiger partial charge in [-0.25, -0.2) is 0 Å². The van der Waals surface area contributed by atoms with Crippen molar-refractivity contribution in [2.45, 2.75) is 0 Å². The molecule has 0 atom stereocenters. The number of nitrogens with zero attached hydrogens (tertiary/aromatic N) is 1. The molecule has 0 heterocycles. The zero-order chi connectivity index (χ0) is 31.4. The third-order valence-electron chi connectivity index (χ3n) is 8.87. The third-order valence-corrected chi connectivity index (χ3v) is 8.87. The summed E-state index contributed by atoms with van der Waals surface area (Å²) in [6.07, 6.45) is 0. The quantitative estimate of drug-likeness (QED) is 0.176. The second-order valence-corrected chi connectivity index (χ2v) is 11.8. The first-order valence-corrected chi connectivity index (χ1v) is 16.1. The summed E-state index contributed by atoms with van der Waals surface area (Å²) in [7, 11) is 0. The van der Waals surface area contributed by atoms with Gasteiger partial charge in [0, 0.05) is 17.1 Å².